The van der Waals surface area contributed by atoms with Crippen molar-refractivity contribution in [3.8, 4) is 33.6 Å². The molecule has 11 heteroatoms. The zero-order valence-electron chi connectivity index (χ0n) is 32.2. The molecule has 2 aliphatic rings. The molecule has 2 aromatic heterocycles. The Morgan fingerprint density at radius 2 is 1.33 bits per heavy atom. The van der Waals surface area contributed by atoms with Crippen LogP contribution in [0.1, 0.15) is 94.6 Å². The summed E-state index contributed by atoms with van der Waals surface area (Å²) in [4.78, 5) is 48.9. The van der Waals surface area contributed by atoms with E-state index in [1.54, 1.807) is 0 Å². The molecule has 2 aliphatic heterocycles. The van der Waals surface area contributed by atoms with E-state index in [4.69, 9.17) is 9.97 Å². The molecule has 2 amide bonds. The lowest BCUT2D eigenvalue weighted by molar-refractivity contribution is -0.138. The maximum atomic E-state index is 14.2. The number of carboxylic acid groups (broad SMARTS) is 1. The highest BCUT2D eigenvalue weighted by Gasteiger charge is 2.38. The van der Waals surface area contributed by atoms with Crippen molar-refractivity contribution in [2.24, 2.45) is 0 Å². The highest BCUT2D eigenvalue weighted by molar-refractivity contribution is 5.84. The largest absolute Gasteiger partial charge is 0.465 e. The van der Waals surface area contributed by atoms with Gasteiger partial charge in [-0.25, -0.2) is 14.8 Å². The first-order chi connectivity index (χ1) is 26.9. The van der Waals surface area contributed by atoms with Gasteiger partial charge >= 0.3 is 6.09 Å². The van der Waals surface area contributed by atoms with Crippen molar-refractivity contribution in [1.82, 2.24) is 40.0 Å². The van der Waals surface area contributed by atoms with E-state index in [1.165, 1.54) is 0 Å². The molecule has 288 valence electrons. The second kappa shape index (κ2) is 17.5. The SMILES string of the molecule is CCC[C@@H](CN1CCC[C@H]1c1ncc(-c2ccc(-c3ccc(-c4cnc([C@@H]5CCCN5C(=O)[C@@H](c5ccccc5)N(CC)CC)[nH]4)cc3)cc2)[nH]1)NC(=O)O. The molecule has 5 aromatic rings. The molecule has 55 heavy (non-hydrogen) atoms. The zero-order chi connectivity index (χ0) is 38.3. The second-order valence-corrected chi connectivity index (χ2v) is 14.8. The molecule has 4 atom stereocenters. The number of nitrogens with one attached hydrogen (secondary N) is 3. The quantitative estimate of drug-likeness (QED) is 0.0846. The molecular formula is C44H54N8O3. The summed E-state index contributed by atoms with van der Waals surface area (Å²) in [5.41, 5.74) is 7.30. The minimum atomic E-state index is -0.967. The highest BCUT2D eigenvalue weighted by atomic mass is 16.4. The van der Waals surface area contributed by atoms with Crippen LogP contribution in [0.2, 0.25) is 0 Å². The van der Waals surface area contributed by atoms with E-state index in [0.29, 0.717) is 6.54 Å². The number of likely N-dealkylation sites (N-methyl/N-ethyl adjacent to an activating group) is 1. The van der Waals surface area contributed by atoms with E-state index < -0.39 is 6.09 Å². The van der Waals surface area contributed by atoms with E-state index in [0.717, 1.165) is 116 Å². The summed E-state index contributed by atoms with van der Waals surface area (Å²) in [6.45, 7) is 10.3. The summed E-state index contributed by atoms with van der Waals surface area (Å²) >= 11 is 0. The Morgan fingerprint density at radius 3 is 1.89 bits per heavy atom. The van der Waals surface area contributed by atoms with Crippen molar-refractivity contribution in [1.29, 1.82) is 0 Å². The minimum absolute atomic E-state index is 0.0804. The Balaban J connectivity index is 1.00. The first-order valence-corrected chi connectivity index (χ1v) is 20.0. The maximum absolute atomic E-state index is 14.2. The summed E-state index contributed by atoms with van der Waals surface area (Å²) in [6.07, 6.45) is 8.47. The van der Waals surface area contributed by atoms with Gasteiger partial charge in [-0.3, -0.25) is 14.6 Å². The van der Waals surface area contributed by atoms with Gasteiger partial charge in [0, 0.05) is 19.1 Å². The third kappa shape index (κ3) is 8.53. The molecule has 4 heterocycles. The number of hydrogen-bond donors (Lipinski definition) is 4. The number of H-pyrrole nitrogens is 2. The molecule has 3 aromatic carbocycles. The average Bonchev–Trinajstić information content (AvgIpc) is 4.05. The van der Waals surface area contributed by atoms with Crippen molar-refractivity contribution in [3.05, 3.63) is 108 Å². The number of carbonyl (C=O) groups excluding carboxylic acids is 1. The van der Waals surface area contributed by atoms with Crippen molar-refractivity contribution in [3.63, 3.8) is 0 Å². The van der Waals surface area contributed by atoms with Gasteiger partial charge in [0.15, 0.2) is 0 Å². The molecule has 4 N–H and O–H groups in total. The van der Waals surface area contributed by atoms with Crippen molar-refractivity contribution >= 4 is 12.0 Å². The fraction of sp³-hybridized carbons (Fsp3) is 0.409. The van der Waals surface area contributed by atoms with Gasteiger partial charge in [-0.05, 0) is 79.6 Å². The topological polar surface area (TPSA) is 133 Å². The van der Waals surface area contributed by atoms with E-state index in [9.17, 15) is 14.7 Å². The first-order valence-electron chi connectivity index (χ1n) is 20.0. The summed E-state index contributed by atoms with van der Waals surface area (Å²) in [5, 5.41) is 12.0. The van der Waals surface area contributed by atoms with Crippen LogP contribution in [-0.2, 0) is 4.79 Å². The van der Waals surface area contributed by atoms with Gasteiger partial charge in [-0.2, -0.15) is 0 Å². The van der Waals surface area contributed by atoms with Crippen LogP contribution in [0.25, 0.3) is 33.6 Å². The number of hydrogen-bond acceptors (Lipinski definition) is 6. The Hall–Kier alpha value is -5.26. The predicted octanol–water partition coefficient (Wildman–Crippen LogP) is 8.45. The lowest BCUT2D eigenvalue weighted by Gasteiger charge is -2.34. The number of carbonyl (C=O) groups is 2. The number of amides is 2. The third-order valence-corrected chi connectivity index (χ3v) is 11.4. The van der Waals surface area contributed by atoms with Gasteiger partial charge in [0.2, 0.25) is 5.91 Å². The lowest BCUT2D eigenvalue weighted by Crippen LogP contribution is -2.43. The monoisotopic (exact) mass is 742 g/mol. The molecule has 0 spiro atoms. The molecule has 0 unspecified atom stereocenters. The van der Waals surface area contributed by atoms with Crippen LogP contribution in [0.4, 0.5) is 4.79 Å². The van der Waals surface area contributed by atoms with Crippen LogP contribution in [0.3, 0.4) is 0 Å². The lowest BCUT2D eigenvalue weighted by atomic mass is 10.0. The number of imidazole rings is 2. The molecule has 11 nitrogen and oxygen atoms in total. The molecule has 2 saturated heterocycles. The normalized spacial score (nSPS) is 18.5. The summed E-state index contributed by atoms with van der Waals surface area (Å²) < 4.78 is 0. The zero-order valence-corrected chi connectivity index (χ0v) is 32.2. The minimum Gasteiger partial charge on any atom is -0.465 e. The maximum Gasteiger partial charge on any atom is 0.404 e. The number of nitrogens with zero attached hydrogens (tertiary/aromatic N) is 5. The van der Waals surface area contributed by atoms with Crippen LogP contribution in [0.15, 0.2) is 91.3 Å². The number of benzene rings is 3. The van der Waals surface area contributed by atoms with Crippen LogP contribution < -0.4 is 5.32 Å². The number of rotatable bonds is 15. The van der Waals surface area contributed by atoms with Gasteiger partial charge in [-0.1, -0.05) is 106 Å². The van der Waals surface area contributed by atoms with Gasteiger partial charge in [-0.15, -0.1) is 0 Å². The van der Waals surface area contributed by atoms with E-state index in [2.05, 4.69) is 107 Å². The molecule has 0 radical (unpaired) electrons. The molecule has 0 bridgehead atoms. The van der Waals surface area contributed by atoms with E-state index >= 15 is 0 Å². The third-order valence-electron chi connectivity index (χ3n) is 11.4. The fourth-order valence-electron chi connectivity index (χ4n) is 8.56. The predicted molar refractivity (Wildman–Crippen MR) is 216 cm³/mol. The van der Waals surface area contributed by atoms with Crippen molar-refractivity contribution in [2.45, 2.75) is 83.5 Å². The Morgan fingerprint density at radius 1 is 0.782 bits per heavy atom. The van der Waals surface area contributed by atoms with Crippen molar-refractivity contribution in [2.75, 3.05) is 32.7 Å². The molecule has 0 saturated carbocycles. The van der Waals surface area contributed by atoms with Crippen LogP contribution in [-0.4, -0.2) is 90.5 Å². The molecular weight excluding hydrogens is 689 g/mol. The molecule has 7 rings (SSSR count). The summed E-state index contributed by atoms with van der Waals surface area (Å²) in [5.74, 6) is 1.91. The molecule has 0 aliphatic carbocycles. The average molecular weight is 743 g/mol. The van der Waals surface area contributed by atoms with Crippen LogP contribution in [0.5, 0.6) is 0 Å². The summed E-state index contributed by atoms with van der Waals surface area (Å²) in [6, 6.07) is 26.9. The van der Waals surface area contributed by atoms with E-state index in [1.807, 2.05) is 35.5 Å². The van der Waals surface area contributed by atoms with Crippen LogP contribution >= 0.6 is 0 Å². The fourth-order valence-corrected chi connectivity index (χ4v) is 8.56. The Kier molecular flexibility index (Phi) is 12.1. The van der Waals surface area contributed by atoms with Crippen LogP contribution in [0, 0.1) is 0 Å². The molecule has 2 fully saturated rings. The van der Waals surface area contributed by atoms with Crippen molar-refractivity contribution < 1.29 is 14.7 Å². The van der Waals surface area contributed by atoms with E-state index in [-0.39, 0.29) is 30.1 Å². The Bertz CT molecular complexity index is 2000. The second-order valence-electron chi connectivity index (χ2n) is 14.8. The van der Waals surface area contributed by atoms with Gasteiger partial charge in [0.25, 0.3) is 0 Å². The standard InChI is InChI=1S/C44H54N8O3/c1-4-12-35(47-44(54)55)29-51-25-10-15-38(51)41-45-27-36(48-41)32-21-17-30(18-22-32)31-19-23-33(24-20-31)37-28-46-42(49-37)39-16-11-26-52(39)43(53)40(50(5-2)6-3)34-13-8-7-9-14-34/h7-9,13-14,17-24,27-28,35,38-40,47H,4-6,10-12,15-16,25-26,29H2,1-3H3,(H,45,48)(H,46,49)(H,54,55)/t35-,38-,39-,40+/m0/s1. The smallest absolute Gasteiger partial charge is 0.404 e. The first kappa shape index (κ1) is 38.0. The van der Waals surface area contributed by atoms with Gasteiger partial charge in [0.1, 0.15) is 17.7 Å². The van der Waals surface area contributed by atoms with Gasteiger partial charge < -0.3 is 25.3 Å². The summed E-state index contributed by atoms with van der Waals surface area (Å²) in [7, 11) is 0. The number of likely N-dealkylation sites (tertiary alicyclic amines) is 2. The number of aromatic amines is 2. The number of aromatic nitrogens is 4. The van der Waals surface area contributed by atoms with Gasteiger partial charge in [0.05, 0.1) is 35.9 Å². The Labute approximate surface area is 324 Å². The highest BCUT2D eigenvalue weighted by Crippen LogP contribution is 2.36.